The highest BCUT2D eigenvalue weighted by atomic mass is 32.2. The second-order valence-corrected chi connectivity index (χ2v) is 7.74. The van der Waals surface area contributed by atoms with Gasteiger partial charge in [-0.25, -0.2) is 4.79 Å². The van der Waals surface area contributed by atoms with Crippen LogP contribution in [0.25, 0.3) is 0 Å². The van der Waals surface area contributed by atoms with E-state index >= 15 is 0 Å². The average molecular weight is 432 g/mol. The number of aliphatic carboxylic acids is 1. The number of carboxylic acid groups (broad SMARTS) is 1. The zero-order valence-corrected chi connectivity index (χ0v) is 17.2. The van der Waals surface area contributed by atoms with Crippen LogP contribution in [0.2, 0.25) is 0 Å². The van der Waals surface area contributed by atoms with Gasteiger partial charge in [0.1, 0.15) is 12.1 Å². The number of likely N-dealkylation sites (tertiary alicyclic amines) is 1. The molecular formula is C17H29N5O6S. The first-order valence-electron chi connectivity index (χ1n) is 9.30. The van der Waals surface area contributed by atoms with Crippen molar-refractivity contribution < 1.29 is 29.1 Å². The molecule has 12 heteroatoms. The number of nitrogens with two attached hydrogens (primary N) is 2. The Balaban J connectivity index is 2.55. The number of carbonyl (C=O) groups excluding carboxylic acids is 4. The third-order valence-corrected chi connectivity index (χ3v) is 5.17. The second kappa shape index (κ2) is 12.3. The van der Waals surface area contributed by atoms with Gasteiger partial charge >= 0.3 is 5.97 Å². The highest BCUT2D eigenvalue weighted by Gasteiger charge is 2.36. The van der Waals surface area contributed by atoms with Crippen LogP contribution in [0.1, 0.15) is 32.1 Å². The van der Waals surface area contributed by atoms with E-state index in [1.54, 1.807) is 0 Å². The lowest BCUT2D eigenvalue weighted by Crippen LogP contribution is -2.53. The molecule has 1 fully saturated rings. The molecule has 7 N–H and O–H groups in total. The van der Waals surface area contributed by atoms with Gasteiger partial charge in [-0.3, -0.25) is 19.2 Å². The standard InChI is InChI=1S/C17H29N5O6S/c1-29-8-6-11(17(27)28)21-14(24)9-20-15(25)12-3-2-7-22(12)16(26)10(18)4-5-13(19)23/h10-12H,2-9,18H2,1H3,(H2,19,23)(H,20,25)(H,21,24)(H,27,28). The highest BCUT2D eigenvalue weighted by molar-refractivity contribution is 7.98. The molecule has 0 aromatic rings. The van der Waals surface area contributed by atoms with Crippen molar-refractivity contribution in [3.8, 4) is 0 Å². The molecule has 0 aromatic heterocycles. The quantitative estimate of drug-likeness (QED) is 0.235. The van der Waals surface area contributed by atoms with Crippen LogP contribution >= 0.6 is 11.8 Å². The van der Waals surface area contributed by atoms with Crippen molar-refractivity contribution in [2.75, 3.05) is 25.1 Å². The van der Waals surface area contributed by atoms with Gasteiger partial charge in [-0.05, 0) is 37.7 Å². The van der Waals surface area contributed by atoms with Gasteiger partial charge in [0.05, 0.1) is 12.6 Å². The number of rotatable bonds is 12. The monoisotopic (exact) mass is 431 g/mol. The molecule has 164 valence electrons. The number of amides is 4. The molecule has 4 amide bonds. The smallest absolute Gasteiger partial charge is 0.326 e. The molecule has 1 aliphatic heterocycles. The molecule has 29 heavy (non-hydrogen) atoms. The fourth-order valence-corrected chi connectivity index (χ4v) is 3.43. The van der Waals surface area contributed by atoms with Gasteiger partial charge in [-0.1, -0.05) is 0 Å². The van der Waals surface area contributed by atoms with Gasteiger partial charge in [-0.15, -0.1) is 0 Å². The van der Waals surface area contributed by atoms with Crippen molar-refractivity contribution >= 4 is 41.4 Å². The number of hydrogen-bond donors (Lipinski definition) is 5. The van der Waals surface area contributed by atoms with E-state index in [-0.39, 0.29) is 19.3 Å². The Labute approximate surface area is 173 Å². The van der Waals surface area contributed by atoms with Gasteiger partial charge in [0.25, 0.3) is 0 Å². The molecule has 3 atom stereocenters. The van der Waals surface area contributed by atoms with E-state index < -0.39 is 54.3 Å². The minimum atomic E-state index is -1.14. The summed E-state index contributed by atoms with van der Waals surface area (Å²) in [6.45, 7) is -0.0443. The Morgan fingerprint density at radius 2 is 1.93 bits per heavy atom. The molecule has 0 saturated carbocycles. The van der Waals surface area contributed by atoms with Crippen LogP contribution in [0.3, 0.4) is 0 Å². The summed E-state index contributed by atoms with van der Waals surface area (Å²) in [4.78, 5) is 60.2. The maximum absolute atomic E-state index is 12.5. The highest BCUT2D eigenvalue weighted by Crippen LogP contribution is 2.19. The molecule has 0 radical (unpaired) electrons. The minimum Gasteiger partial charge on any atom is -0.480 e. The predicted octanol–water partition coefficient (Wildman–Crippen LogP) is -1.99. The lowest BCUT2D eigenvalue weighted by Gasteiger charge is -2.26. The van der Waals surface area contributed by atoms with Crippen LogP contribution in [-0.4, -0.2) is 82.8 Å². The summed E-state index contributed by atoms with van der Waals surface area (Å²) >= 11 is 1.46. The maximum Gasteiger partial charge on any atom is 0.326 e. The van der Waals surface area contributed by atoms with Crippen molar-refractivity contribution in [2.45, 2.75) is 50.2 Å². The van der Waals surface area contributed by atoms with Crippen LogP contribution in [0.15, 0.2) is 0 Å². The van der Waals surface area contributed by atoms with Crippen LogP contribution in [0, 0.1) is 0 Å². The van der Waals surface area contributed by atoms with Crippen molar-refractivity contribution in [1.82, 2.24) is 15.5 Å². The molecule has 1 heterocycles. The zero-order chi connectivity index (χ0) is 22.0. The Morgan fingerprint density at radius 1 is 1.24 bits per heavy atom. The number of carboxylic acids is 1. The van der Waals surface area contributed by atoms with E-state index in [1.807, 2.05) is 6.26 Å². The van der Waals surface area contributed by atoms with E-state index in [0.29, 0.717) is 25.1 Å². The second-order valence-electron chi connectivity index (χ2n) is 6.76. The summed E-state index contributed by atoms with van der Waals surface area (Å²) in [5.74, 6) is -2.72. The lowest BCUT2D eigenvalue weighted by atomic mass is 10.1. The SMILES string of the molecule is CSCCC(NC(=O)CNC(=O)C1CCCN1C(=O)C(N)CCC(N)=O)C(=O)O. The summed E-state index contributed by atoms with van der Waals surface area (Å²) in [6.07, 6.45) is 3.19. The van der Waals surface area contributed by atoms with E-state index in [1.165, 1.54) is 16.7 Å². The van der Waals surface area contributed by atoms with Crippen molar-refractivity contribution in [2.24, 2.45) is 11.5 Å². The normalized spacial score (nSPS) is 18.0. The summed E-state index contributed by atoms with van der Waals surface area (Å²) in [6, 6.07) is -2.73. The lowest BCUT2D eigenvalue weighted by molar-refractivity contribution is -0.142. The third-order valence-electron chi connectivity index (χ3n) is 4.52. The summed E-state index contributed by atoms with van der Waals surface area (Å²) in [5.41, 5.74) is 10.9. The van der Waals surface area contributed by atoms with Crippen LogP contribution in [0.4, 0.5) is 0 Å². The van der Waals surface area contributed by atoms with Gasteiger partial charge in [-0.2, -0.15) is 11.8 Å². The molecule has 1 aliphatic rings. The Bertz CT molecular complexity index is 631. The molecule has 0 bridgehead atoms. The minimum absolute atomic E-state index is 0.0287. The number of primary amides is 1. The van der Waals surface area contributed by atoms with Crippen molar-refractivity contribution in [1.29, 1.82) is 0 Å². The fraction of sp³-hybridized carbons (Fsp3) is 0.706. The number of hydrogen-bond acceptors (Lipinski definition) is 7. The summed E-state index contributed by atoms with van der Waals surface area (Å²) < 4.78 is 0. The maximum atomic E-state index is 12.5. The number of thioether (sulfide) groups is 1. The average Bonchev–Trinajstić information content (AvgIpc) is 3.16. The number of nitrogens with one attached hydrogen (secondary N) is 2. The van der Waals surface area contributed by atoms with Crippen molar-refractivity contribution in [3.05, 3.63) is 0 Å². The van der Waals surface area contributed by atoms with Gasteiger partial charge in [0.15, 0.2) is 0 Å². The van der Waals surface area contributed by atoms with E-state index in [0.717, 1.165) is 0 Å². The zero-order valence-electron chi connectivity index (χ0n) is 16.4. The third kappa shape index (κ3) is 8.28. The van der Waals surface area contributed by atoms with Crippen molar-refractivity contribution in [3.63, 3.8) is 0 Å². The molecule has 0 spiro atoms. The predicted molar refractivity (Wildman–Crippen MR) is 107 cm³/mol. The van der Waals surface area contributed by atoms with E-state index in [9.17, 15) is 24.0 Å². The van der Waals surface area contributed by atoms with Crippen LogP contribution in [-0.2, 0) is 24.0 Å². The summed E-state index contributed by atoms with van der Waals surface area (Å²) in [7, 11) is 0. The Hall–Kier alpha value is -2.34. The fourth-order valence-electron chi connectivity index (χ4n) is 2.96. The van der Waals surface area contributed by atoms with Crippen LogP contribution in [0.5, 0.6) is 0 Å². The summed E-state index contributed by atoms with van der Waals surface area (Å²) in [5, 5.41) is 13.9. The topological polar surface area (TPSA) is 185 Å². The van der Waals surface area contributed by atoms with Gasteiger partial charge in [0.2, 0.25) is 23.6 Å². The van der Waals surface area contributed by atoms with E-state index in [4.69, 9.17) is 16.6 Å². The molecule has 0 aliphatic carbocycles. The molecule has 0 aromatic carbocycles. The Kier molecular flexibility index (Phi) is 10.5. The molecule has 3 unspecified atom stereocenters. The molecular weight excluding hydrogens is 402 g/mol. The molecule has 11 nitrogen and oxygen atoms in total. The largest absolute Gasteiger partial charge is 0.480 e. The van der Waals surface area contributed by atoms with Crippen LogP contribution < -0.4 is 22.1 Å². The Morgan fingerprint density at radius 3 is 2.52 bits per heavy atom. The van der Waals surface area contributed by atoms with E-state index in [2.05, 4.69) is 10.6 Å². The molecule has 1 rings (SSSR count). The molecule has 1 saturated heterocycles. The number of carbonyl (C=O) groups is 5. The van der Waals surface area contributed by atoms with Gasteiger partial charge in [0, 0.05) is 13.0 Å². The first-order valence-corrected chi connectivity index (χ1v) is 10.7. The van der Waals surface area contributed by atoms with Gasteiger partial charge < -0.3 is 32.1 Å². The number of nitrogens with zero attached hydrogens (tertiary/aromatic N) is 1. The first kappa shape index (κ1) is 24.7. The first-order chi connectivity index (χ1) is 13.7.